The average molecular weight is 378 g/mol. The van der Waals surface area contributed by atoms with Gasteiger partial charge in [0, 0.05) is 31.3 Å². The van der Waals surface area contributed by atoms with Crippen LogP contribution in [0.1, 0.15) is 25.7 Å². The number of aromatic nitrogens is 1. The highest BCUT2D eigenvalue weighted by Gasteiger charge is 2.36. The summed E-state index contributed by atoms with van der Waals surface area (Å²) in [7, 11) is -0.595. The van der Waals surface area contributed by atoms with Crippen LogP contribution in [0.25, 0.3) is 0 Å². The molecule has 2 N–H and O–H groups in total. The molecule has 0 unspecified atom stereocenters. The summed E-state index contributed by atoms with van der Waals surface area (Å²) >= 11 is 3.24. The van der Waals surface area contributed by atoms with E-state index in [1.165, 1.54) is 23.6 Å². The fourth-order valence-electron chi connectivity index (χ4n) is 2.66. The zero-order valence-corrected chi connectivity index (χ0v) is 14.5. The Hall–Kier alpha value is -0.700. The van der Waals surface area contributed by atoms with E-state index < -0.39 is 15.6 Å². The number of rotatable bonds is 5. The Morgan fingerprint density at radius 3 is 2.67 bits per heavy atom. The van der Waals surface area contributed by atoms with Gasteiger partial charge in [-0.15, -0.1) is 0 Å². The van der Waals surface area contributed by atoms with Crippen molar-refractivity contribution in [1.82, 2.24) is 9.29 Å². The lowest BCUT2D eigenvalue weighted by atomic mass is 10.0. The van der Waals surface area contributed by atoms with E-state index >= 15 is 0 Å². The molecular formula is C13H20BrN3O3S. The maximum atomic E-state index is 12.7. The van der Waals surface area contributed by atoms with Gasteiger partial charge in [-0.3, -0.25) is 0 Å². The second kappa shape index (κ2) is 6.20. The van der Waals surface area contributed by atoms with Crippen molar-refractivity contribution in [3.8, 4) is 0 Å². The molecule has 0 amide bonds. The third kappa shape index (κ3) is 3.56. The van der Waals surface area contributed by atoms with Gasteiger partial charge in [-0.2, -0.15) is 4.31 Å². The van der Waals surface area contributed by atoms with E-state index in [1.807, 2.05) is 0 Å². The molecule has 0 saturated heterocycles. The number of likely N-dealkylation sites (N-methyl/N-ethyl adjacent to an activating group) is 1. The molecule has 0 bridgehead atoms. The number of sulfonamides is 1. The van der Waals surface area contributed by atoms with E-state index in [9.17, 15) is 13.5 Å². The van der Waals surface area contributed by atoms with Gasteiger partial charge in [0.2, 0.25) is 10.0 Å². The predicted octanol–water partition coefficient (Wildman–Crippen LogP) is 1.81. The number of halogens is 1. The fraction of sp³-hybridized carbons (Fsp3) is 0.615. The zero-order chi connectivity index (χ0) is 15.7. The maximum absolute atomic E-state index is 12.7. The van der Waals surface area contributed by atoms with Crippen molar-refractivity contribution in [2.75, 3.05) is 26.0 Å². The van der Waals surface area contributed by atoms with Gasteiger partial charge >= 0.3 is 0 Å². The Balaban J connectivity index is 2.31. The smallest absolute Gasteiger partial charge is 0.246 e. The maximum Gasteiger partial charge on any atom is 0.246 e. The van der Waals surface area contributed by atoms with Crippen LogP contribution in [0.3, 0.4) is 0 Å². The highest BCUT2D eigenvalue weighted by molar-refractivity contribution is 9.10. The fourth-order valence-corrected chi connectivity index (χ4v) is 4.57. The van der Waals surface area contributed by atoms with Gasteiger partial charge in [0.05, 0.1) is 5.60 Å². The molecule has 1 aromatic heterocycles. The SMILES string of the molecule is CNc1ncc(Br)cc1S(=O)(=O)N(C)CC1(O)CCCC1. The van der Waals surface area contributed by atoms with E-state index in [4.69, 9.17) is 0 Å². The van der Waals surface area contributed by atoms with Crippen molar-refractivity contribution >= 4 is 31.8 Å². The monoisotopic (exact) mass is 377 g/mol. The van der Waals surface area contributed by atoms with Crippen LogP contribution in [-0.2, 0) is 10.0 Å². The van der Waals surface area contributed by atoms with Crippen LogP contribution in [0.2, 0.25) is 0 Å². The van der Waals surface area contributed by atoms with Gasteiger partial charge in [0.15, 0.2) is 0 Å². The standard InChI is InChI=1S/C13H20BrN3O3S/c1-15-12-11(7-10(14)8-16-12)21(19,20)17(2)9-13(18)5-3-4-6-13/h7-8,18H,3-6,9H2,1-2H3,(H,15,16). The van der Waals surface area contributed by atoms with Gasteiger partial charge in [-0.1, -0.05) is 12.8 Å². The Bertz CT molecular complexity index is 615. The topological polar surface area (TPSA) is 82.5 Å². The highest BCUT2D eigenvalue weighted by Crippen LogP contribution is 2.32. The third-order valence-electron chi connectivity index (χ3n) is 3.80. The molecule has 0 aromatic carbocycles. The molecule has 0 atom stereocenters. The normalized spacial score (nSPS) is 18.1. The van der Waals surface area contributed by atoms with E-state index in [0.717, 1.165) is 12.8 Å². The highest BCUT2D eigenvalue weighted by atomic mass is 79.9. The summed E-state index contributed by atoms with van der Waals surface area (Å²) in [6, 6.07) is 1.52. The predicted molar refractivity (Wildman–Crippen MR) is 84.7 cm³/mol. The number of hydrogen-bond donors (Lipinski definition) is 2. The molecule has 1 aliphatic rings. The Morgan fingerprint density at radius 1 is 1.48 bits per heavy atom. The first-order valence-corrected chi connectivity index (χ1v) is 9.04. The van der Waals surface area contributed by atoms with E-state index in [-0.39, 0.29) is 11.4 Å². The summed E-state index contributed by atoms with van der Waals surface area (Å²) in [5, 5.41) is 13.2. The molecule has 1 aromatic rings. The van der Waals surface area contributed by atoms with Crippen LogP contribution < -0.4 is 5.32 Å². The summed E-state index contributed by atoms with van der Waals surface area (Å²) in [5.41, 5.74) is -0.916. The third-order valence-corrected chi connectivity index (χ3v) is 6.05. The van der Waals surface area contributed by atoms with E-state index in [0.29, 0.717) is 23.1 Å². The second-order valence-electron chi connectivity index (χ2n) is 5.44. The van der Waals surface area contributed by atoms with Gasteiger partial charge < -0.3 is 10.4 Å². The average Bonchev–Trinajstić information content (AvgIpc) is 2.85. The van der Waals surface area contributed by atoms with Gasteiger partial charge in [0.25, 0.3) is 0 Å². The molecule has 1 aliphatic carbocycles. The van der Waals surface area contributed by atoms with Crippen LogP contribution in [0.4, 0.5) is 5.82 Å². The lowest BCUT2D eigenvalue weighted by Gasteiger charge is -2.28. The first kappa shape index (κ1) is 16.7. The minimum Gasteiger partial charge on any atom is -0.389 e. The van der Waals surface area contributed by atoms with Crippen molar-refractivity contribution in [1.29, 1.82) is 0 Å². The van der Waals surface area contributed by atoms with Crippen molar-refractivity contribution in [3.05, 3.63) is 16.7 Å². The first-order valence-electron chi connectivity index (χ1n) is 6.80. The first-order chi connectivity index (χ1) is 9.78. The zero-order valence-electron chi connectivity index (χ0n) is 12.1. The van der Waals surface area contributed by atoms with Gasteiger partial charge in [-0.25, -0.2) is 13.4 Å². The minimum absolute atomic E-state index is 0.100. The number of hydrogen-bond acceptors (Lipinski definition) is 5. The van der Waals surface area contributed by atoms with Gasteiger partial charge in [-0.05, 0) is 34.8 Å². The molecule has 1 fully saturated rings. The Kier molecular flexibility index (Phi) is 4.92. The number of aliphatic hydroxyl groups is 1. The summed E-state index contributed by atoms with van der Waals surface area (Å²) in [6.07, 6.45) is 4.69. The summed E-state index contributed by atoms with van der Waals surface area (Å²) < 4.78 is 27.2. The van der Waals surface area contributed by atoms with Crippen LogP contribution in [-0.4, -0.2) is 49.1 Å². The lowest BCUT2D eigenvalue weighted by Crippen LogP contribution is -2.42. The summed E-state index contributed by atoms with van der Waals surface area (Å²) in [4.78, 5) is 4.17. The second-order valence-corrected chi connectivity index (χ2v) is 8.37. The molecule has 0 radical (unpaired) electrons. The van der Waals surface area contributed by atoms with E-state index in [1.54, 1.807) is 7.05 Å². The molecule has 0 aliphatic heterocycles. The van der Waals surface area contributed by atoms with E-state index in [2.05, 4.69) is 26.2 Å². The molecular weight excluding hydrogens is 358 g/mol. The Labute approximate surface area is 133 Å². The van der Waals surface area contributed by atoms with Gasteiger partial charge in [0.1, 0.15) is 10.7 Å². The molecule has 8 heteroatoms. The minimum atomic E-state index is -3.71. The largest absolute Gasteiger partial charge is 0.389 e. The molecule has 0 spiro atoms. The van der Waals surface area contributed by atoms with Crippen molar-refractivity contribution in [3.63, 3.8) is 0 Å². The summed E-state index contributed by atoms with van der Waals surface area (Å²) in [6.45, 7) is 0.102. The van der Waals surface area contributed by atoms with Crippen LogP contribution in [0.5, 0.6) is 0 Å². The van der Waals surface area contributed by atoms with Crippen molar-refractivity contribution in [2.45, 2.75) is 36.2 Å². The quantitative estimate of drug-likeness (QED) is 0.817. The number of nitrogens with zero attached hydrogens (tertiary/aromatic N) is 2. The van der Waals surface area contributed by atoms with Crippen LogP contribution >= 0.6 is 15.9 Å². The molecule has 2 rings (SSSR count). The molecule has 118 valence electrons. The van der Waals surface area contributed by atoms with Crippen molar-refractivity contribution < 1.29 is 13.5 Å². The number of anilines is 1. The number of pyridine rings is 1. The van der Waals surface area contributed by atoms with Crippen LogP contribution in [0.15, 0.2) is 21.6 Å². The van der Waals surface area contributed by atoms with Crippen molar-refractivity contribution in [2.24, 2.45) is 0 Å². The lowest BCUT2D eigenvalue weighted by molar-refractivity contribution is 0.0333. The molecule has 21 heavy (non-hydrogen) atoms. The molecule has 1 heterocycles. The Morgan fingerprint density at radius 2 is 2.10 bits per heavy atom. The number of nitrogens with one attached hydrogen (secondary N) is 1. The molecule has 6 nitrogen and oxygen atoms in total. The summed E-state index contributed by atoms with van der Waals surface area (Å²) in [5.74, 6) is 0.295. The molecule has 1 saturated carbocycles. The van der Waals surface area contributed by atoms with Crippen LogP contribution in [0, 0.1) is 0 Å².